The summed E-state index contributed by atoms with van der Waals surface area (Å²) in [5, 5.41) is 2.57. The second-order valence-corrected chi connectivity index (χ2v) is 11.8. The van der Waals surface area contributed by atoms with Crippen LogP contribution in [0.2, 0.25) is 10.0 Å². The number of hydrogen-bond acceptors (Lipinski definition) is 5. The summed E-state index contributed by atoms with van der Waals surface area (Å²) in [5.41, 5.74) is 4.67. The second-order valence-electron chi connectivity index (χ2n) is 8.68. The zero-order chi connectivity index (χ0) is 26.7. The molecule has 1 aliphatic heterocycles. The smallest absolute Gasteiger partial charge is 0.348 e. The molecular formula is C24H28Cl2F3N3O3S. The fraction of sp³-hybridized carbons (Fsp3) is 0.458. The third-order valence-electron chi connectivity index (χ3n) is 6.32. The summed E-state index contributed by atoms with van der Waals surface area (Å²) in [6, 6.07) is 6.09. The number of amides is 1. The van der Waals surface area contributed by atoms with Crippen LogP contribution >= 0.6 is 23.2 Å². The van der Waals surface area contributed by atoms with E-state index in [1.54, 1.807) is 0 Å². The molecule has 3 rings (SSSR count). The highest BCUT2D eigenvalue weighted by atomic mass is 35.5. The molecule has 0 saturated carbocycles. The molecule has 0 spiro atoms. The molecule has 198 valence electrons. The summed E-state index contributed by atoms with van der Waals surface area (Å²) in [5.74, 6) is -0.990. The quantitative estimate of drug-likeness (QED) is 0.467. The van der Waals surface area contributed by atoms with Crippen LogP contribution in [-0.2, 0) is 29.1 Å². The van der Waals surface area contributed by atoms with Crippen molar-refractivity contribution in [2.24, 2.45) is 5.73 Å². The number of hydrogen-bond donors (Lipinski definition) is 2. The summed E-state index contributed by atoms with van der Waals surface area (Å²) >= 11 is 12.3. The Morgan fingerprint density at radius 3 is 2.56 bits per heavy atom. The van der Waals surface area contributed by atoms with Crippen LogP contribution in [0.1, 0.15) is 53.2 Å². The Balaban J connectivity index is 1.89. The molecule has 6 nitrogen and oxygen atoms in total. The number of carbonyl (C=O) groups excluding carboxylic acids is 1. The van der Waals surface area contributed by atoms with Gasteiger partial charge in [0, 0.05) is 41.3 Å². The van der Waals surface area contributed by atoms with E-state index >= 15 is 0 Å². The van der Waals surface area contributed by atoms with E-state index in [2.05, 4.69) is 5.32 Å². The summed E-state index contributed by atoms with van der Waals surface area (Å²) in [6.07, 6.45) is -2.12. The van der Waals surface area contributed by atoms with Crippen molar-refractivity contribution >= 4 is 38.9 Å². The lowest BCUT2D eigenvalue weighted by molar-refractivity contribution is -0.138. The van der Waals surface area contributed by atoms with Crippen LogP contribution in [0.4, 0.5) is 13.2 Å². The molecule has 1 atom stereocenters. The SMILES string of the molecule is CCS(=O)(=O)c1ccc(Cl)cc1CNC(=O)c1cc(Cl)c(CN2CCCC[C@H]2CN)c(C(F)(F)F)c1. The van der Waals surface area contributed by atoms with Gasteiger partial charge >= 0.3 is 6.18 Å². The van der Waals surface area contributed by atoms with Gasteiger partial charge in [0.2, 0.25) is 0 Å². The van der Waals surface area contributed by atoms with Crippen LogP contribution in [0, 0.1) is 0 Å². The van der Waals surface area contributed by atoms with E-state index in [4.69, 9.17) is 28.9 Å². The molecule has 0 aromatic heterocycles. The molecule has 2 aromatic rings. The minimum atomic E-state index is -4.74. The Morgan fingerprint density at radius 2 is 1.92 bits per heavy atom. The summed E-state index contributed by atoms with van der Waals surface area (Å²) in [4.78, 5) is 14.7. The molecule has 3 N–H and O–H groups in total. The van der Waals surface area contributed by atoms with Crippen molar-refractivity contribution in [3.8, 4) is 0 Å². The van der Waals surface area contributed by atoms with Gasteiger partial charge < -0.3 is 11.1 Å². The van der Waals surface area contributed by atoms with Gasteiger partial charge in [0.1, 0.15) is 0 Å². The fourth-order valence-corrected chi connectivity index (χ4v) is 5.93. The first kappa shape index (κ1) is 28.7. The molecule has 1 amide bonds. The number of likely N-dealkylation sites (tertiary alicyclic amines) is 1. The van der Waals surface area contributed by atoms with E-state index in [9.17, 15) is 26.4 Å². The molecule has 0 bridgehead atoms. The van der Waals surface area contributed by atoms with Crippen molar-refractivity contribution in [2.75, 3.05) is 18.8 Å². The number of sulfone groups is 1. The van der Waals surface area contributed by atoms with Gasteiger partial charge in [0.15, 0.2) is 9.84 Å². The van der Waals surface area contributed by atoms with Gasteiger partial charge in [-0.05, 0) is 60.8 Å². The van der Waals surface area contributed by atoms with E-state index < -0.39 is 27.5 Å². The molecule has 2 aromatic carbocycles. The maximum atomic E-state index is 14.0. The first-order valence-corrected chi connectivity index (χ1v) is 13.9. The molecule has 0 aliphatic carbocycles. The third-order valence-corrected chi connectivity index (χ3v) is 8.72. The van der Waals surface area contributed by atoms with E-state index in [0.717, 1.165) is 25.3 Å². The number of halogens is 5. The lowest BCUT2D eigenvalue weighted by Crippen LogP contribution is -2.43. The van der Waals surface area contributed by atoms with Crippen LogP contribution in [0.5, 0.6) is 0 Å². The molecular weight excluding hydrogens is 538 g/mol. The van der Waals surface area contributed by atoms with E-state index in [1.807, 2.05) is 4.90 Å². The number of nitrogens with one attached hydrogen (secondary N) is 1. The Morgan fingerprint density at radius 1 is 1.19 bits per heavy atom. The number of carbonyl (C=O) groups is 1. The average Bonchev–Trinajstić information content (AvgIpc) is 2.83. The molecule has 1 saturated heterocycles. The monoisotopic (exact) mass is 565 g/mol. The van der Waals surface area contributed by atoms with Crippen molar-refractivity contribution in [1.29, 1.82) is 0 Å². The van der Waals surface area contributed by atoms with Gasteiger partial charge in [-0.1, -0.05) is 36.5 Å². The first-order chi connectivity index (χ1) is 16.9. The highest BCUT2D eigenvalue weighted by Crippen LogP contribution is 2.37. The topological polar surface area (TPSA) is 92.5 Å². The van der Waals surface area contributed by atoms with Crippen molar-refractivity contribution in [3.63, 3.8) is 0 Å². The Hall–Kier alpha value is -1.85. The van der Waals surface area contributed by atoms with Gasteiger partial charge in [0.05, 0.1) is 16.2 Å². The number of piperidine rings is 1. The van der Waals surface area contributed by atoms with Gasteiger partial charge in [-0.2, -0.15) is 13.2 Å². The Kier molecular flexibility index (Phi) is 9.32. The van der Waals surface area contributed by atoms with Crippen molar-refractivity contribution in [2.45, 2.75) is 56.4 Å². The molecule has 36 heavy (non-hydrogen) atoms. The maximum absolute atomic E-state index is 14.0. The maximum Gasteiger partial charge on any atom is 0.416 e. The zero-order valence-corrected chi connectivity index (χ0v) is 22.0. The van der Waals surface area contributed by atoms with Crippen LogP contribution in [-0.4, -0.2) is 44.1 Å². The van der Waals surface area contributed by atoms with Crippen LogP contribution in [0.15, 0.2) is 35.2 Å². The predicted molar refractivity (Wildman–Crippen MR) is 134 cm³/mol. The van der Waals surface area contributed by atoms with E-state index in [0.29, 0.717) is 13.1 Å². The van der Waals surface area contributed by atoms with Gasteiger partial charge in [0.25, 0.3) is 5.91 Å². The number of nitrogens with zero attached hydrogens (tertiary/aromatic N) is 1. The zero-order valence-electron chi connectivity index (χ0n) is 19.7. The number of rotatable bonds is 8. The predicted octanol–water partition coefficient (Wildman–Crippen LogP) is 5.05. The van der Waals surface area contributed by atoms with E-state index in [-0.39, 0.29) is 56.5 Å². The summed E-state index contributed by atoms with van der Waals surface area (Å²) < 4.78 is 66.8. The minimum Gasteiger partial charge on any atom is -0.348 e. The normalized spacial score (nSPS) is 17.2. The second kappa shape index (κ2) is 11.7. The molecule has 12 heteroatoms. The Bertz CT molecular complexity index is 1220. The molecule has 0 unspecified atom stereocenters. The molecule has 1 heterocycles. The van der Waals surface area contributed by atoms with Crippen LogP contribution < -0.4 is 11.1 Å². The third kappa shape index (κ3) is 6.72. The van der Waals surface area contributed by atoms with Crippen LogP contribution in [0.25, 0.3) is 0 Å². The standard InChI is InChI=1S/C24H28Cl2F3N3O3S/c1-2-36(34,35)22-7-6-17(25)9-16(22)13-31-23(33)15-10-20(24(27,28)29)19(21(26)11-15)14-32-8-4-3-5-18(32)12-30/h6-7,9-11,18H,2-5,8,12-14,30H2,1H3,(H,31,33)/t18-/m0/s1. The fourth-order valence-electron chi connectivity index (χ4n) is 4.34. The van der Waals surface area contributed by atoms with E-state index in [1.165, 1.54) is 31.2 Å². The lowest BCUT2D eigenvalue weighted by Gasteiger charge is -2.35. The number of alkyl halides is 3. The highest BCUT2D eigenvalue weighted by molar-refractivity contribution is 7.91. The average molecular weight is 566 g/mol. The molecule has 1 aliphatic rings. The largest absolute Gasteiger partial charge is 0.416 e. The Labute approximate surface area is 218 Å². The lowest BCUT2D eigenvalue weighted by atomic mass is 9.98. The highest BCUT2D eigenvalue weighted by Gasteiger charge is 2.36. The molecule has 0 radical (unpaired) electrons. The minimum absolute atomic E-state index is 0.00458. The van der Waals surface area contributed by atoms with Gasteiger partial charge in [-0.25, -0.2) is 8.42 Å². The van der Waals surface area contributed by atoms with Gasteiger partial charge in [-0.3, -0.25) is 9.69 Å². The van der Waals surface area contributed by atoms with Crippen molar-refractivity contribution in [1.82, 2.24) is 10.2 Å². The number of benzene rings is 2. The van der Waals surface area contributed by atoms with Gasteiger partial charge in [-0.15, -0.1) is 0 Å². The summed E-state index contributed by atoms with van der Waals surface area (Å²) in [6.45, 7) is 2.14. The first-order valence-electron chi connectivity index (χ1n) is 11.5. The number of nitrogens with two attached hydrogens (primary N) is 1. The summed E-state index contributed by atoms with van der Waals surface area (Å²) in [7, 11) is -3.61. The van der Waals surface area contributed by atoms with Crippen molar-refractivity contribution in [3.05, 3.63) is 62.6 Å². The van der Waals surface area contributed by atoms with Crippen LogP contribution in [0.3, 0.4) is 0 Å². The van der Waals surface area contributed by atoms with Crippen molar-refractivity contribution < 1.29 is 26.4 Å². The molecule has 1 fully saturated rings.